The van der Waals surface area contributed by atoms with E-state index in [0.29, 0.717) is 26.7 Å². The molecule has 0 saturated carbocycles. The highest BCUT2D eigenvalue weighted by molar-refractivity contribution is 7.12. The minimum absolute atomic E-state index is 0.510. The minimum Gasteiger partial charge on any atom is -0.383 e. The lowest BCUT2D eigenvalue weighted by atomic mass is 10.1. The van der Waals surface area contributed by atoms with E-state index in [0.717, 1.165) is 5.56 Å². The summed E-state index contributed by atoms with van der Waals surface area (Å²) in [5, 5.41) is 8.13. The molecule has 2 N–H and O–H groups in total. The van der Waals surface area contributed by atoms with Crippen molar-refractivity contribution in [3.63, 3.8) is 0 Å². The van der Waals surface area contributed by atoms with E-state index in [2.05, 4.69) is 10.1 Å². The van der Waals surface area contributed by atoms with Crippen molar-refractivity contribution in [2.45, 2.75) is 0 Å². The van der Waals surface area contributed by atoms with E-state index in [9.17, 15) is 0 Å². The van der Waals surface area contributed by atoms with Gasteiger partial charge in [-0.05, 0) is 18.2 Å². The van der Waals surface area contributed by atoms with Crippen LogP contribution in [-0.2, 0) is 0 Å². The molecule has 0 radical (unpaired) electrons. The third-order valence-corrected chi connectivity index (χ3v) is 3.84. The number of nitrogens with zero attached hydrogens (tertiary/aromatic N) is 3. The number of hydrogen-bond acceptors (Lipinski definition) is 4. The van der Waals surface area contributed by atoms with E-state index in [1.54, 1.807) is 29.1 Å². The van der Waals surface area contributed by atoms with Gasteiger partial charge >= 0.3 is 0 Å². The van der Waals surface area contributed by atoms with Gasteiger partial charge in [-0.2, -0.15) is 9.78 Å². The maximum atomic E-state index is 6.16. The number of anilines is 1. The molecule has 1 aromatic carbocycles. The smallest absolute Gasteiger partial charge is 0.212 e. The Morgan fingerprint density at radius 2 is 2.05 bits per heavy atom. The first-order valence-electron chi connectivity index (χ1n) is 5.36. The van der Waals surface area contributed by atoms with Crippen LogP contribution in [0.15, 0.2) is 35.8 Å². The average Bonchev–Trinajstić information content (AvgIpc) is 2.98. The Morgan fingerprint density at radius 1 is 1.21 bits per heavy atom. The zero-order valence-corrected chi connectivity index (χ0v) is 11.9. The molecule has 0 saturated heterocycles. The van der Waals surface area contributed by atoms with Gasteiger partial charge in [-0.15, -0.1) is 11.3 Å². The summed E-state index contributed by atoms with van der Waals surface area (Å²) < 4.78 is 1.59. The Kier molecular flexibility index (Phi) is 3.18. The molecule has 0 spiro atoms. The molecule has 19 heavy (non-hydrogen) atoms. The maximum absolute atomic E-state index is 6.16. The molecule has 4 nitrogen and oxygen atoms in total. The van der Waals surface area contributed by atoms with Crippen molar-refractivity contribution in [1.29, 1.82) is 0 Å². The summed E-state index contributed by atoms with van der Waals surface area (Å²) >= 11 is 13.5. The first-order chi connectivity index (χ1) is 9.15. The fourth-order valence-electron chi connectivity index (χ4n) is 1.70. The van der Waals surface area contributed by atoms with Crippen LogP contribution in [0.5, 0.6) is 0 Å². The quantitative estimate of drug-likeness (QED) is 0.781. The Morgan fingerprint density at radius 3 is 2.74 bits per heavy atom. The van der Waals surface area contributed by atoms with Gasteiger partial charge in [-0.25, -0.2) is 4.98 Å². The molecule has 2 aromatic heterocycles. The highest BCUT2D eigenvalue weighted by Crippen LogP contribution is 2.31. The van der Waals surface area contributed by atoms with Gasteiger partial charge in [-0.3, -0.25) is 0 Å². The second-order valence-electron chi connectivity index (χ2n) is 3.81. The van der Waals surface area contributed by atoms with Crippen molar-refractivity contribution >= 4 is 40.4 Å². The lowest BCUT2D eigenvalue weighted by molar-refractivity contribution is 0.884. The molecule has 0 aliphatic heterocycles. The Balaban J connectivity index is 2.10. The summed E-state index contributed by atoms with van der Waals surface area (Å²) in [6.45, 7) is 0. The normalized spacial score (nSPS) is 10.8. The number of rotatable bonds is 2. The van der Waals surface area contributed by atoms with Gasteiger partial charge < -0.3 is 5.73 Å². The molecular weight excluding hydrogens is 303 g/mol. The van der Waals surface area contributed by atoms with Crippen molar-refractivity contribution in [2.24, 2.45) is 0 Å². The van der Waals surface area contributed by atoms with E-state index in [-0.39, 0.29) is 0 Å². The fourth-order valence-corrected chi connectivity index (χ4v) is 2.81. The molecular formula is C12H8Cl2N4S. The number of hydrogen-bond donors (Lipinski definition) is 1. The molecule has 0 unspecified atom stereocenters. The Hall–Kier alpha value is -1.56. The summed E-state index contributed by atoms with van der Waals surface area (Å²) in [4.78, 5) is 4.18. The monoisotopic (exact) mass is 310 g/mol. The number of nitrogens with two attached hydrogens (primary N) is 1. The van der Waals surface area contributed by atoms with Crippen LogP contribution in [0.2, 0.25) is 10.0 Å². The largest absolute Gasteiger partial charge is 0.383 e. The molecule has 2 heterocycles. The lowest BCUT2D eigenvalue weighted by Gasteiger charge is -2.00. The van der Waals surface area contributed by atoms with E-state index in [4.69, 9.17) is 28.9 Å². The van der Waals surface area contributed by atoms with Crippen LogP contribution in [0.3, 0.4) is 0 Å². The second-order valence-corrected chi connectivity index (χ2v) is 5.52. The number of aromatic nitrogens is 3. The van der Waals surface area contributed by atoms with Gasteiger partial charge in [0, 0.05) is 28.2 Å². The molecule has 7 heteroatoms. The van der Waals surface area contributed by atoms with E-state index in [1.807, 2.05) is 11.4 Å². The van der Waals surface area contributed by atoms with Crippen molar-refractivity contribution in [3.8, 4) is 16.4 Å². The lowest BCUT2D eigenvalue weighted by Crippen LogP contribution is -2.00. The predicted octanol–water partition coefficient (Wildman–Crippen LogP) is 3.88. The topological polar surface area (TPSA) is 56.7 Å². The van der Waals surface area contributed by atoms with Crippen LogP contribution < -0.4 is 5.73 Å². The van der Waals surface area contributed by atoms with E-state index < -0.39 is 0 Å². The molecule has 96 valence electrons. The molecule has 0 bridgehead atoms. The van der Waals surface area contributed by atoms with Crippen molar-refractivity contribution in [2.75, 3.05) is 5.73 Å². The highest BCUT2D eigenvalue weighted by atomic mass is 35.5. The van der Waals surface area contributed by atoms with Gasteiger partial charge in [0.15, 0.2) is 0 Å². The zero-order chi connectivity index (χ0) is 13.4. The van der Waals surface area contributed by atoms with Crippen molar-refractivity contribution in [1.82, 2.24) is 14.8 Å². The summed E-state index contributed by atoms with van der Waals surface area (Å²) in [6.07, 6.45) is 1.70. The van der Waals surface area contributed by atoms with Crippen molar-refractivity contribution < 1.29 is 0 Å². The zero-order valence-electron chi connectivity index (χ0n) is 9.55. The third-order valence-electron chi connectivity index (χ3n) is 2.54. The fraction of sp³-hybridized carbons (Fsp3) is 0. The van der Waals surface area contributed by atoms with Crippen LogP contribution in [0.4, 0.5) is 5.82 Å². The SMILES string of the molecule is Nc1cc(-c2ccc(Cl)cc2Cl)nn1-c1nccs1. The van der Waals surface area contributed by atoms with Crippen LogP contribution in [-0.4, -0.2) is 14.8 Å². The minimum atomic E-state index is 0.510. The maximum Gasteiger partial charge on any atom is 0.212 e. The van der Waals surface area contributed by atoms with Crippen molar-refractivity contribution in [3.05, 3.63) is 45.9 Å². The van der Waals surface area contributed by atoms with Gasteiger partial charge in [0.25, 0.3) is 0 Å². The highest BCUT2D eigenvalue weighted by Gasteiger charge is 2.12. The molecule has 3 rings (SSSR count). The summed E-state index contributed by atoms with van der Waals surface area (Å²) in [5.74, 6) is 0.510. The van der Waals surface area contributed by atoms with Crippen LogP contribution in [0.25, 0.3) is 16.4 Å². The molecule has 0 fully saturated rings. The number of halogens is 2. The summed E-state index contributed by atoms with van der Waals surface area (Å²) in [7, 11) is 0. The Labute approximate surface area is 123 Å². The predicted molar refractivity (Wildman–Crippen MR) is 79.1 cm³/mol. The summed E-state index contributed by atoms with van der Waals surface area (Å²) in [5.41, 5.74) is 7.42. The third kappa shape index (κ3) is 2.32. The van der Waals surface area contributed by atoms with Gasteiger partial charge in [-0.1, -0.05) is 23.2 Å². The molecule has 0 atom stereocenters. The van der Waals surface area contributed by atoms with Gasteiger partial charge in [0.2, 0.25) is 5.13 Å². The average molecular weight is 311 g/mol. The van der Waals surface area contributed by atoms with Gasteiger partial charge in [0.05, 0.1) is 10.7 Å². The molecule has 3 aromatic rings. The number of nitrogen functional groups attached to an aromatic ring is 1. The summed E-state index contributed by atoms with van der Waals surface area (Å²) in [6, 6.07) is 7.02. The first-order valence-corrected chi connectivity index (χ1v) is 6.99. The Bertz CT molecular complexity index is 721. The number of benzene rings is 1. The molecule has 0 aliphatic rings. The van der Waals surface area contributed by atoms with E-state index >= 15 is 0 Å². The molecule has 0 aliphatic carbocycles. The van der Waals surface area contributed by atoms with E-state index in [1.165, 1.54) is 11.3 Å². The standard InChI is InChI=1S/C12H8Cl2N4S/c13-7-1-2-8(9(14)5-7)10-6-11(15)18(17-10)12-16-3-4-19-12/h1-6H,15H2. The van der Waals surface area contributed by atoms with Crippen LogP contribution in [0, 0.1) is 0 Å². The number of thiazole rings is 1. The van der Waals surface area contributed by atoms with Gasteiger partial charge in [0.1, 0.15) is 5.82 Å². The first kappa shape index (κ1) is 12.5. The molecule has 0 amide bonds. The van der Waals surface area contributed by atoms with Crippen LogP contribution in [0.1, 0.15) is 0 Å². The second kappa shape index (κ2) is 4.85. The van der Waals surface area contributed by atoms with Crippen LogP contribution >= 0.6 is 34.5 Å².